The summed E-state index contributed by atoms with van der Waals surface area (Å²) in [7, 11) is 1.30. The van der Waals surface area contributed by atoms with Crippen molar-refractivity contribution in [3.63, 3.8) is 0 Å². The van der Waals surface area contributed by atoms with E-state index in [0.717, 1.165) is 11.3 Å². The van der Waals surface area contributed by atoms with Crippen molar-refractivity contribution < 1.29 is 14.3 Å². The minimum Gasteiger partial charge on any atom is -0.465 e. The van der Waals surface area contributed by atoms with Crippen LogP contribution in [0.4, 0.5) is 0 Å². The van der Waals surface area contributed by atoms with Crippen LogP contribution in [0.15, 0.2) is 24.3 Å². The van der Waals surface area contributed by atoms with E-state index < -0.39 is 5.97 Å². The summed E-state index contributed by atoms with van der Waals surface area (Å²) in [6.07, 6.45) is 0. The number of rotatable bonds is 4. The number of halogens is 1. The van der Waals surface area contributed by atoms with Gasteiger partial charge in [0.15, 0.2) is 10.0 Å². The first-order valence-electron chi connectivity index (χ1n) is 6.03. The first-order valence-corrected chi connectivity index (χ1v) is 7.23. The minimum atomic E-state index is -0.515. The summed E-state index contributed by atoms with van der Waals surface area (Å²) in [5.41, 5.74) is 1.17. The Bertz CT molecular complexity index is 625. The normalized spacial score (nSPS) is 10.7. The SMILES string of the molecule is COC(=O)c1sc(Oc2cccc(C(C)C)c2)nc1Cl. The number of carbonyl (C=O) groups is 1. The Hall–Kier alpha value is -1.59. The van der Waals surface area contributed by atoms with E-state index in [0.29, 0.717) is 16.9 Å². The molecule has 2 rings (SSSR count). The first-order chi connectivity index (χ1) is 9.51. The number of thiazole rings is 1. The van der Waals surface area contributed by atoms with Crippen LogP contribution in [0.3, 0.4) is 0 Å². The summed E-state index contributed by atoms with van der Waals surface area (Å²) in [4.78, 5) is 15.7. The van der Waals surface area contributed by atoms with Crippen LogP contribution in [0.25, 0.3) is 0 Å². The third kappa shape index (κ3) is 3.29. The molecule has 0 spiro atoms. The number of aromatic nitrogens is 1. The summed E-state index contributed by atoms with van der Waals surface area (Å²) < 4.78 is 10.3. The van der Waals surface area contributed by atoms with Gasteiger partial charge in [0.05, 0.1) is 7.11 Å². The molecule has 0 N–H and O–H groups in total. The van der Waals surface area contributed by atoms with Gasteiger partial charge >= 0.3 is 5.97 Å². The average molecular weight is 312 g/mol. The summed E-state index contributed by atoms with van der Waals surface area (Å²) in [5.74, 6) is 0.556. The van der Waals surface area contributed by atoms with Gasteiger partial charge in [-0.2, -0.15) is 4.98 Å². The third-order valence-electron chi connectivity index (χ3n) is 2.67. The summed E-state index contributed by atoms with van der Waals surface area (Å²) in [6.45, 7) is 4.21. The van der Waals surface area contributed by atoms with Gasteiger partial charge in [-0.3, -0.25) is 0 Å². The number of hydrogen-bond donors (Lipinski definition) is 0. The lowest BCUT2D eigenvalue weighted by Gasteiger charge is -2.07. The van der Waals surface area contributed by atoms with Gasteiger partial charge in [-0.05, 0) is 23.6 Å². The van der Waals surface area contributed by atoms with Gasteiger partial charge in [-0.1, -0.05) is 48.9 Å². The molecule has 0 unspecified atom stereocenters. The molecule has 2 aromatic rings. The molecule has 0 amide bonds. The van der Waals surface area contributed by atoms with Crippen molar-refractivity contribution in [1.82, 2.24) is 4.98 Å². The van der Waals surface area contributed by atoms with Gasteiger partial charge in [0.25, 0.3) is 5.19 Å². The highest BCUT2D eigenvalue weighted by Crippen LogP contribution is 2.33. The summed E-state index contributed by atoms with van der Waals surface area (Å²) in [5, 5.41) is 0.410. The molecular weight excluding hydrogens is 298 g/mol. The number of carbonyl (C=O) groups excluding carboxylic acids is 1. The van der Waals surface area contributed by atoms with E-state index in [1.807, 2.05) is 24.3 Å². The van der Waals surface area contributed by atoms with Crippen molar-refractivity contribution in [3.05, 3.63) is 39.9 Å². The molecule has 1 aromatic carbocycles. The summed E-state index contributed by atoms with van der Waals surface area (Å²) >= 11 is 6.95. The lowest BCUT2D eigenvalue weighted by atomic mass is 10.0. The van der Waals surface area contributed by atoms with Crippen LogP contribution in [0.5, 0.6) is 10.9 Å². The summed E-state index contributed by atoms with van der Waals surface area (Å²) in [6, 6.07) is 7.73. The Kier molecular flexibility index (Phi) is 4.62. The van der Waals surface area contributed by atoms with Gasteiger partial charge in [0.2, 0.25) is 0 Å². The van der Waals surface area contributed by atoms with Crippen molar-refractivity contribution in [1.29, 1.82) is 0 Å². The van der Waals surface area contributed by atoms with E-state index in [9.17, 15) is 4.79 Å². The largest absolute Gasteiger partial charge is 0.465 e. The lowest BCUT2D eigenvalue weighted by Crippen LogP contribution is -1.98. The van der Waals surface area contributed by atoms with E-state index in [-0.39, 0.29) is 10.0 Å². The van der Waals surface area contributed by atoms with Crippen molar-refractivity contribution in [3.8, 4) is 10.9 Å². The average Bonchev–Trinajstić information content (AvgIpc) is 2.79. The van der Waals surface area contributed by atoms with Gasteiger partial charge < -0.3 is 9.47 Å². The Morgan fingerprint density at radius 1 is 1.40 bits per heavy atom. The molecule has 0 saturated heterocycles. The second-order valence-electron chi connectivity index (χ2n) is 4.42. The van der Waals surface area contributed by atoms with Gasteiger partial charge in [0, 0.05) is 0 Å². The maximum absolute atomic E-state index is 11.5. The molecule has 6 heteroatoms. The molecule has 0 radical (unpaired) electrons. The zero-order chi connectivity index (χ0) is 14.7. The van der Waals surface area contributed by atoms with Gasteiger partial charge in [-0.15, -0.1) is 0 Å². The molecule has 0 fully saturated rings. The second-order valence-corrected chi connectivity index (χ2v) is 5.74. The molecule has 1 heterocycles. The van der Waals surface area contributed by atoms with Crippen molar-refractivity contribution in [2.75, 3.05) is 7.11 Å². The fraction of sp³-hybridized carbons (Fsp3) is 0.286. The zero-order valence-corrected chi connectivity index (χ0v) is 12.9. The van der Waals surface area contributed by atoms with Crippen molar-refractivity contribution in [2.24, 2.45) is 0 Å². The lowest BCUT2D eigenvalue weighted by molar-refractivity contribution is 0.0606. The fourth-order valence-corrected chi connectivity index (χ4v) is 2.65. The Morgan fingerprint density at radius 3 is 2.80 bits per heavy atom. The van der Waals surface area contributed by atoms with Crippen LogP contribution >= 0.6 is 22.9 Å². The maximum Gasteiger partial charge on any atom is 0.351 e. The Balaban J connectivity index is 2.22. The molecule has 0 aliphatic carbocycles. The molecule has 1 aromatic heterocycles. The predicted molar refractivity (Wildman–Crippen MR) is 79.1 cm³/mol. The van der Waals surface area contributed by atoms with Gasteiger partial charge in [0.1, 0.15) is 5.75 Å². The minimum absolute atomic E-state index is 0.0943. The molecule has 0 aliphatic heterocycles. The quantitative estimate of drug-likeness (QED) is 0.780. The first kappa shape index (κ1) is 14.8. The number of ether oxygens (including phenoxy) is 2. The van der Waals surface area contributed by atoms with Crippen LogP contribution in [-0.4, -0.2) is 18.1 Å². The highest BCUT2D eigenvalue weighted by Gasteiger charge is 2.18. The van der Waals surface area contributed by atoms with Crippen LogP contribution in [0.2, 0.25) is 5.15 Å². The van der Waals surface area contributed by atoms with E-state index in [4.69, 9.17) is 16.3 Å². The van der Waals surface area contributed by atoms with E-state index in [2.05, 4.69) is 23.6 Å². The molecule has 4 nitrogen and oxygen atoms in total. The monoisotopic (exact) mass is 311 g/mol. The van der Waals surface area contributed by atoms with Crippen molar-refractivity contribution >= 4 is 28.9 Å². The van der Waals surface area contributed by atoms with Crippen LogP contribution in [-0.2, 0) is 4.74 Å². The van der Waals surface area contributed by atoms with Crippen molar-refractivity contribution in [2.45, 2.75) is 19.8 Å². The Labute approximate surface area is 126 Å². The third-order valence-corrected chi connectivity index (χ3v) is 3.97. The van der Waals surface area contributed by atoms with E-state index in [1.54, 1.807) is 0 Å². The fourth-order valence-electron chi connectivity index (χ4n) is 1.58. The maximum atomic E-state index is 11.5. The standard InChI is InChI=1S/C14H14ClNO3S/c1-8(2)9-5-4-6-10(7-9)19-14-16-12(15)11(20-14)13(17)18-3/h4-8H,1-3H3. The highest BCUT2D eigenvalue weighted by molar-refractivity contribution is 7.15. The highest BCUT2D eigenvalue weighted by atomic mass is 35.5. The topological polar surface area (TPSA) is 48.4 Å². The number of hydrogen-bond acceptors (Lipinski definition) is 5. The van der Waals surface area contributed by atoms with Crippen LogP contribution in [0.1, 0.15) is 35.0 Å². The molecule has 20 heavy (non-hydrogen) atoms. The number of nitrogens with zero attached hydrogens (tertiary/aromatic N) is 1. The molecule has 0 aliphatic rings. The molecule has 0 bridgehead atoms. The molecule has 106 valence electrons. The number of methoxy groups -OCH3 is 1. The molecule has 0 saturated carbocycles. The molecule has 0 atom stereocenters. The van der Waals surface area contributed by atoms with Crippen LogP contribution < -0.4 is 4.74 Å². The zero-order valence-electron chi connectivity index (χ0n) is 11.3. The smallest absolute Gasteiger partial charge is 0.351 e. The second kappa shape index (κ2) is 6.24. The number of esters is 1. The Morgan fingerprint density at radius 2 is 2.15 bits per heavy atom. The van der Waals surface area contributed by atoms with Gasteiger partial charge in [-0.25, -0.2) is 4.79 Å². The molecular formula is C14H14ClNO3S. The van der Waals surface area contributed by atoms with Crippen LogP contribution in [0, 0.1) is 0 Å². The van der Waals surface area contributed by atoms with E-state index in [1.165, 1.54) is 12.7 Å². The predicted octanol–water partition coefficient (Wildman–Crippen LogP) is 4.50. The van der Waals surface area contributed by atoms with E-state index >= 15 is 0 Å². The number of benzene rings is 1.